The molecule has 1 aliphatic heterocycles. The minimum atomic E-state index is -0.431. The van der Waals surface area contributed by atoms with E-state index in [1.54, 1.807) is 6.07 Å². The highest BCUT2D eigenvalue weighted by Gasteiger charge is 2.27. The lowest BCUT2D eigenvalue weighted by atomic mass is 10.2. The number of aromatic nitrogens is 1. The Morgan fingerprint density at radius 1 is 1.72 bits per heavy atom. The Balaban J connectivity index is 1.97. The van der Waals surface area contributed by atoms with Gasteiger partial charge in [-0.05, 0) is 13.8 Å². The number of thioether (sulfide) groups is 1. The maximum Gasteiger partial charge on any atom is 0.287 e. The van der Waals surface area contributed by atoms with E-state index in [9.17, 15) is 4.79 Å². The van der Waals surface area contributed by atoms with Gasteiger partial charge in [-0.15, -0.1) is 0 Å². The number of amides is 1. The van der Waals surface area contributed by atoms with Gasteiger partial charge in [-0.2, -0.15) is 11.8 Å². The highest BCUT2D eigenvalue weighted by molar-refractivity contribution is 8.00. The SMILES string of the molecule is CC1(C)CN(Cc2cc(C(=O)NN)no2)CCS1. The monoisotopic (exact) mass is 270 g/mol. The molecule has 2 heterocycles. The van der Waals surface area contributed by atoms with Crippen molar-refractivity contribution in [3.63, 3.8) is 0 Å². The van der Waals surface area contributed by atoms with Crippen molar-refractivity contribution in [2.45, 2.75) is 25.1 Å². The zero-order valence-corrected chi connectivity index (χ0v) is 11.4. The second-order valence-electron chi connectivity index (χ2n) is 4.97. The number of hydrogen-bond donors (Lipinski definition) is 2. The van der Waals surface area contributed by atoms with Gasteiger partial charge in [0.15, 0.2) is 11.5 Å². The summed E-state index contributed by atoms with van der Waals surface area (Å²) in [7, 11) is 0. The van der Waals surface area contributed by atoms with Crippen molar-refractivity contribution in [1.82, 2.24) is 15.5 Å². The minimum absolute atomic E-state index is 0.221. The molecule has 1 saturated heterocycles. The van der Waals surface area contributed by atoms with Crippen LogP contribution in [0.3, 0.4) is 0 Å². The van der Waals surface area contributed by atoms with E-state index in [2.05, 4.69) is 23.9 Å². The summed E-state index contributed by atoms with van der Waals surface area (Å²) >= 11 is 1.98. The van der Waals surface area contributed by atoms with Gasteiger partial charge in [-0.1, -0.05) is 5.16 Å². The quantitative estimate of drug-likeness (QED) is 0.475. The molecule has 0 saturated carbocycles. The molecule has 0 unspecified atom stereocenters. The molecule has 0 aliphatic carbocycles. The molecule has 1 aromatic heterocycles. The molecule has 0 spiro atoms. The highest BCUT2D eigenvalue weighted by Crippen LogP contribution is 2.30. The first-order valence-electron chi connectivity index (χ1n) is 5.83. The van der Waals surface area contributed by atoms with Crippen molar-refractivity contribution >= 4 is 17.7 Å². The molecule has 1 aliphatic rings. The summed E-state index contributed by atoms with van der Waals surface area (Å²) in [6.07, 6.45) is 0. The summed E-state index contributed by atoms with van der Waals surface area (Å²) in [6, 6.07) is 1.64. The van der Waals surface area contributed by atoms with Crippen LogP contribution in [0.1, 0.15) is 30.1 Å². The van der Waals surface area contributed by atoms with Crippen molar-refractivity contribution in [3.8, 4) is 0 Å². The molecule has 3 N–H and O–H groups in total. The minimum Gasteiger partial charge on any atom is -0.359 e. The Morgan fingerprint density at radius 2 is 2.50 bits per heavy atom. The summed E-state index contributed by atoms with van der Waals surface area (Å²) in [4.78, 5) is 13.6. The summed E-state index contributed by atoms with van der Waals surface area (Å²) in [5, 5.41) is 3.69. The molecule has 1 aromatic rings. The van der Waals surface area contributed by atoms with Crippen LogP contribution >= 0.6 is 11.8 Å². The summed E-state index contributed by atoms with van der Waals surface area (Å²) < 4.78 is 5.40. The molecule has 1 fully saturated rings. The fourth-order valence-electron chi connectivity index (χ4n) is 2.04. The van der Waals surface area contributed by atoms with Gasteiger partial charge in [0.2, 0.25) is 0 Å². The third-order valence-electron chi connectivity index (χ3n) is 2.81. The lowest BCUT2D eigenvalue weighted by Crippen LogP contribution is -2.42. The maximum atomic E-state index is 11.2. The fourth-order valence-corrected chi connectivity index (χ4v) is 3.21. The molecule has 0 bridgehead atoms. The molecular formula is C11H18N4O2S. The van der Waals surface area contributed by atoms with E-state index in [0.29, 0.717) is 12.3 Å². The molecule has 0 aromatic carbocycles. The number of hydrogen-bond acceptors (Lipinski definition) is 6. The Morgan fingerprint density at radius 3 is 3.17 bits per heavy atom. The van der Waals surface area contributed by atoms with Gasteiger partial charge in [0.05, 0.1) is 6.54 Å². The van der Waals surface area contributed by atoms with Gasteiger partial charge in [-0.3, -0.25) is 15.1 Å². The molecule has 7 heteroatoms. The van der Waals surface area contributed by atoms with Crippen molar-refractivity contribution in [2.24, 2.45) is 5.84 Å². The largest absolute Gasteiger partial charge is 0.359 e. The Kier molecular flexibility index (Phi) is 3.94. The first-order chi connectivity index (χ1) is 8.50. The van der Waals surface area contributed by atoms with Gasteiger partial charge >= 0.3 is 0 Å². The van der Waals surface area contributed by atoms with E-state index in [0.717, 1.165) is 18.8 Å². The number of hydrazine groups is 1. The molecule has 100 valence electrons. The van der Waals surface area contributed by atoms with Crippen LogP contribution in [0, 0.1) is 0 Å². The smallest absolute Gasteiger partial charge is 0.287 e. The predicted octanol–water partition coefficient (Wildman–Crippen LogP) is 0.606. The van der Waals surface area contributed by atoms with E-state index in [1.807, 2.05) is 17.2 Å². The van der Waals surface area contributed by atoms with Crippen LogP contribution in [-0.4, -0.2) is 39.6 Å². The van der Waals surface area contributed by atoms with Crippen LogP contribution in [0.2, 0.25) is 0 Å². The summed E-state index contributed by atoms with van der Waals surface area (Å²) in [5.41, 5.74) is 2.25. The highest BCUT2D eigenvalue weighted by atomic mass is 32.2. The number of nitrogens with zero attached hydrogens (tertiary/aromatic N) is 2. The lowest BCUT2D eigenvalue weighted by Gasteiger charge is -2.36. The Hall–Kier alpha value is -1.05. The molecule has 0 radical (unpaired) electrons. The second-order valence-corrected chi connectivity index (χ2v) is 6.77. The third kappa shape index (κ3) is 3.24. The van der Waals surface area contributed by atoms with Crippen molar-refractivity contribution < 1.29 is 9.32 Å². The van der Waals surface area contributed by atoms with Gasteiger partial charge < -0.3 is 4.52 Å². The molecule has 0 atom stereocenters. The van der Waals surface area contributed by atoms with Gasteiger partial charge in [0.1, 0.15) is 0 Å². The predicted molar refractivity (Wildman–Crippen MR) is 70.0 cm³/mol. The standard InChI is InChI=1S/C11H18N4O2S/c1-11(2)7-15(3-4-18-11)6-8-5-9(14-17-8)10(16)13-12/h5H,3-4,6-7,12H2,1-2H3,(H,13,16). The number of nitrogens with two attached hydrogens (primary N) is 1. The Bertz CT molecular complexity index is 432. The topological polar surface area (TPSA) is 84.4 Å². The number of carbonyl (C=O) groups excluding carboxylic acids is 1. The van der Waals surface area contributed by atoms with Crippen LogP contribution in [0.4, 0.5) is 0 Å². The second kappa shape index (κ2) is 5.29. The zero-order valence-electron chi connectivity index (χ0n) is 10.6. The first-order valence-corrected chi connectivity index (χ1v) is 6.81. The number of nitrogens with one attached hydrogen (secondary N) is 1. The fraction of sp³-hybridized carbons (Fsp3) is 0.636. The van der Waals surface area contributed by atoms with E-state index in [4.69, 9.17) is 10.4 Å². The number of rotatable bonds is 3. The van der Waals surface area contributed by atoms with E-state index in [1.165, 1.54) is 0 Å². The van der Waals surface area contributed by atoms with Gasteiger partial charge in [-0.25, -0.2) is 5.84 Å². The first kappa shape index (κ1) is 13.4. The zero-order chi connectivity index (χ0) is 13.2. The van der Waals surface area contributed by atoms with Crippen LogP contribution < -0.4 is 11.3 Å². The average molecular weight is 270 g/mol. The van der Waals surface area contributed by atoms with Gasteiger partial charge in [0.25, 0.3) is 5.91 Å². The molecule has 2 rings (SSSR count). The normalized spacial score (nSPS) is 19.7. The van der Waals surface area contributed by atoms with Crippen molar-refractivity contribution in [1.29, 1.82) is 0 Å². The van der Waals surface area contributed by atoms with Crippen LogP contribution in [0.25, 0.3) is 0 Å². The average Bonchev–Trinajstić information content (AvgIpc) is 2.75. The maximum absolute atomic E-state index is 11.2. The number of carbonyl (C=O) groups is 1. The Labute approximate surface area is 110 Å². The van der Waals surface area contributed by atoms with Crippen LogP contribution in [0.15, 0.2) is 10.6 Å². The lowest BCUT2D eigenvalue weighted by molar-refractivity contribution is 0.0944. The number of nitrogen functional groups attached to an aromatic ring is 1. The third-order valence-corrected chi connectivity index (χ3v) is 4.10. The van der Waals surface area contributed by atoms with Crippen LogP contribution in [0.5, 0.6) is 0 Å². The van der Waals surface area contributed by atoms with E-state index < -0.39 is 5.91 Å². The summed E-state index contributed by atoms with van der Waals surface area (Å²) in [6.45, 7) is 7.16. The molecule has 18 heavy (non-hydrogen) atoms. The van der Waals surface area contributed by atoms with E-state index >= 15 is 0 Å². The van der Waals surface area contributed by atoms with Crippen molar-refractivity contribution in [3.05, 3.63) is 17.5 Å². The molecule has 6 nitrogen and oxygen atoms in total. The van der Waals surface area contributed by atoms with Gasteiger partial charge in [0, 0.05) is 29.7 Å². The van der Waals surface area contributed by atoms with Crippen molar-refractivity contribution in [2.75, 3.05) is 18.8 Å². The molecular weight excluding hydrogens is 252 g/mol. The summed E-state index contributed by atoms with van der Waals surface area (Å²) in [5.74, 6) is 6.41. The molecule has 1 amide bonds. The van der Waals surface area contributed by atoms with Crippen LogP contribution in [-0.2, 0) is 6.54 Å². The van der Waals surface area contributed by atoms with E-state index in [-0.39, 0.29) is 10.4 Å².